The van der Waals surface area contributed by atoms with Crippen molar-refractivity contribution in [3.05, 3.63) is 65.7 Å². The van der Waals surface area contributed by atoms with E-state index >= 15 is 0 Å². The van der Waals surface area contributed by atoms with Gasteiger partial charge in [0.15, 0.2) is 0 Å². The number of rotatable bonds is 6. The molecule has 0 aliphatic rings. The van der Waals surface area contributed by atoms with E-state index in [-0.39, 0.29) is 0 Å². The van der Waals surface area contributed by atoms with Gasteiger partial charge in [0.2, 0.25) is 0 Å². The molecule has 0 bridgehead atoms. The van der Waals surface area contributed by atoms with Crippen LogP contribution in [0.15, 0.2) is 54.6 Å². The predicted molar refractivity (Wildman–Crippen MR) is 77.8 cm³/mol. The molecule has 2 aromatic carbocycles. The minimum absolute atomic E-state index is 0.927. The Hall–Kier alpha value is -1.80. The van der Waals surface area contributed by atoms with Crippen LogP contribution in [0.4, 0.5) is 5.69 Å². The van der Waals surface area contributed by atoms with Gasteiger partial charge in [0.1, 0.15) is 0 Å². The van der Waals surface area contributed by atoms with Crippen molar-refractivity contribution in [2.24, 2.45) is 0 Å². The molecule has 0 unspecified atom stereocenters. The highest BCUT2D eigenvalue weighted by molar-refractivity contribution is 5.43. The first-order valence-electron chi connectivity index (χ1n) is 6.40. The Morgan fingerprint density at radius 1 is 0.833 bits per heavy atom. The molecule has 2 heteroatoms. The van der Waals surface area contributed by atoms with Crippen molar-refractivity contribution in [1.82, 2.24) is 5.32 Å². The second-order valence-electron chi connectivity index (χ2n) is 4.36. The van der Waals surface area contributed by atoms with Gasteiger partial charge in [0, 0.05) is 19.3 Å². The SMILES string of the molecule is CNc1ccc(CNCCc2ccccc2)cc1. The number of hydrogen-bond donors (Lipinski definition) is 2. The van der Waals surface area contributed by atoms with Crippen LogP contribution in [0.3, 0.4) is 0 Å². The summed E-state index contributed by atoms with van der Waals surface area (Å²) in [5, 5.41) is 6.59. The van der Waals surface area contributed by atoms with Crippen molar-refractivity contribution >= 4 is 5.69 Å². The Morgan fingerprint density at radius 2 is 1.56 bits per heavy atom. The van der Waals surface area contributed by atoms with Crippen LogP contribution in [0, 0.1) is 0 Å². The summed E-state index contributed by atoms with van der Waals surface area (Å²) in [5.41, 5.74) is 3.86. The summed E-state index contributed by atoms with van der Waals surface area (Å²) in [5.74, 6) is 0. The maximum absolute atomic E-state index is 3.47. The number of benzene rings is 2. The standard InChI is InChI=1S/C16H20N2/c1-17-16-9-7-15(8-10-16)13-18-12-11-14-5-3-2-4-6-14/h2-10,17-18H,11-13H2,1H3. The Bertz CT molecular complexity index is 448. The molecule has 0 heterocycles. The molecule has 0 spiro atoms. The van der Waals surface area contributed by atoms with Gasteiger partial charge in [-0.3, -0.25) is 0 Å². The van der Waals surface area contributed by atoms with E-state index in [1.165, 1.54) is 11.1 Å². The monoisotopic (exact) mass is 240 g/mol. The van der Waals surface area contributed by atoms with E-state index in [9.17, 15) is 0 Å². The fourth-order valence-electron chi connectivity index (χ4n) is 1.90. The Kier molecular flexibility index (Phi) is 4.79. The lowest BCUT2D eigenvalue weighted by Crippen LogP contribution is -2.16. The molecule has 18 heavy (non-hydrogen) atoms. The molecule has 0 aromatic heterocycles. The molecular weight excluding hydrogens is 220 g/mol. The van der Waals surface area contributed by atoms with Crippen molar-refractivity contribution in [2.75, 3.05) is 18.9 Å². The molecular formula is C16H20N2. The molecule has 0 aliphatic carbocycles. The van der Waals surface area contributed by atoms with Crippen LogP contribution in [0.2, 0.25) is 0 Å². The quantitative estimate of drug-likeness (QED) is 0.758. The Morgan fingerprint density at radius 3 is 2.22 bits per heavy atom. The highest BCUT2D eigenvalue weighted by Gasteiger charge is 1.94. The first-order chi connectivity index (χ1) is 8.88. The van der Waals surface area contributed by atoms with E-state index in [1.807, 2.05) is 7.05 Å². The normalized spacial score (nSPS) is 10.3. The third kappa shape index (κ3) is 3.90. The average molecular weight is 240 g/mol. The fraction of sp³-hybridized carbons (Fsp3) is 0.250. The molecule has 0 atom stereocenters. The van der Waals surface area contributed by atoms with Crippen LogP contribution in [0.5, 0.6) is 0 Å². The highest BCUT2D eigenvalue weighted by Crippen LogP contribution is 2.08. The van der Waals surface area contributed by atoms with E-state index in [0.29, 0.717) is 0 Å². The summed E-state index contributed by atoms with van der Waals surface area (Å²) in [6.07, 6.45) is 1.08. The first-order valence-corrected chi connectivity index (χ1v) is 6.40. The van der Waals surface area contributed by atoms with Crippen molar-refractivity contribution in [2.45, 2.75) is 13.0 Å². The van der Waals surface area contributed by atoms with Gasteiger partial charge in [0.05, 0.1) is 0 Å². The van der Waals surface area contributed by atoms with Gasteiger partial charge >= 0.3 is 0 Å². The molecule has 2 N–H and O–H groups in total. The fourth-order valence-corrected chi connectivity index (χ4v) is 1.90. The average Bonchev–Trinajstić information content (AvgIpc) is 2.45. The van der Waals surface area contributed by atoms with Crippen LogP contribution in [0.25, 0.3) is 0 Å². The molecule has 0 saturated carbocycles. The molecule has 0 amide bonds. The van der Waals surface area contributed by atoms with E-state index in [4.69, 9.17) is 0 Å². The second kappa shape index (κ2) is 6.82. The maximum Gasteiger partial charge on any atom is 0.0337 e. The van der Waals surface area contributed by atoms with E-state index < -0.39 is 0 Å². The predicted octanol–water partition coefficient (Wildman–Crippen LogP) is 3.06. The Labute approximate surface area is 109 Å². The maximum atomic E-state index is 3.47. The summed E-state index contributed by atoms with van der Waals surface area (Å²) < 4.78 is 0. The molecule has 0 fully saturated rings. The van der Waals surface area contributed by atoms with Gasteiger partial charge in [-0.2, -0.15) is 0 Å². The van der Waals surface area contributed by atoms with E-state index in [1.54, 1.807) is 0 Å². The van der Waals surface area contributed by atoms with Crippen molar-refractivity contribution < 1.29 is 0 Å². The van der Waals surface area contributed by atoms with Gasteiger partial charge in [-0.15, -0.1) is 0 Å². The van der Waals surface area contributed by atoms with Gasteiger partial charge < -0.3 is 10.6 Å². The summed E-state index contributed by atoms with van der Waals surface area (Å²) in [6.45, 7) is 1.94. The molecule has 2 nitrogen and oxygen atoms in total. The lowest BCUT2D eigenvalue weighted by molar-refractivity contribution is 0.687. The van der Waals surface area contributed by atoms with Gasteiger partial charge in [0.25, 0.3) is 0 Å². The number of hydrogen-bond acceptors (Lipinski definition) is 2. The van der Waals surface area contributed by atoms with Crippen LogP contribution in [-0.4, -0.2) is 13.6 Å². The third-order valence-electron chi connectivity index (χ3n) is 3.01. The van der Waals surface area contributed by atoms with Crippen LogP contribution < -0.4 is 10.6 Å². The minimum atomic E-state index is 0.927. The zero-order valence-corrected chi connectivity index (χ0v) is 10.8. The molecule has 0 aliphatic heterocycles. The van der Waals surface area contributed by atoms with Crippen LogP contribution in [0.1, 0.15) is 11.1 Å². The summed E-state index contributed by atoms with van der Waals surface area (Å²) in [6, 6.07) is 19.1. The van der Waals surface area contributed by atoms with Gasteiger partial charge in [-0.25, -0.2) is 0 Å². The van der Waals surface area contributed by atoms with Crippen molar-refractivity contribution in [3.63, 3.8) is 0 Å². The summed E-state index contributed by atoms with van der Waals surface area (Å²) in [4.78, 5) is 0. The number of nitrogens with one attached hydrogen (secondary N) is 2. The second-order valence-corrected chi connectivity index (χ2v) is 4.36. The zero-order valence-electron chi connectivity index (χ0n) is 10.8. The summed E-state index contributed by atoms with van der Waals surface area (Å²) in [7, 11) is 1.94. The number of anilines is 1. The van der Waals surface area contributed by atoms with Gasteiger partial charge in [-0.05, 0) is 36.2 Å². The topological polar surface area (TPSA) is 24.1 Å². The van der Waals surface area contributed by atoms with Crippen molar-refractivity contribution in [3.8, 4) is 0 Å². The van der Waals surface area contributed by atoms with Crippen molar-refractivity contribution in [1.29, 1.82) is 0 Å². The molecule has 2 aromatic rings. The summed E-state index contributed by atoms with van der Waals surface area (Å²) >= 11 is 0. The molecule has 2 rings (SSSR count). The largest absolute Gasteiger partial charge is 0.388 e. The van der Waals surface area contributed by atoms with E-state index in [2.05, 4.69) is 65.2 Å². The minimum Gasteiger partial charge on any atom is -0.388 e. The van der Waals surface area contributed by atoms with Crippen LogP contribution >= 0.6 is 0 Å². The first kappa shape index (κ1) is 12.7. The Balaban J connectivity index is 1.72. The third-order valence-corrected chi connectivity index (χ3v) is 3.01. The van der Waals surface area contributed by atoms with E-state index in [0.717, 1.165) is 25.2 Å². The van der Waals surface area contributed by atoms with Gasteiger partial charge in [-0.1, -0.05) is 42.5 Å². The molecule has 0 saturated heterocycles. The van der Waals surface area contributed by atoms with Crippen LogP contribution in [-0.2, 0) is 13.0 Å². The lowest BCUT2D eigenvalue weighted by atomic mass is 10.1. The zero-order chi connectivity index (χ0) is 12.6. The highest BCUT2D eigenvalue weighted by atomic mass is 14.8. The molecule has 0 radical (unpaired) electrons. The smallest absolute Gasteiger partial charge is 0.0337 e. The molecule has 94 valence electrons. The lowest BCUT2D eigenvalue weighted by Gasteiger charge is -2.06.